The van der Waals surface area contributed by atoms with Crippen molar-refractivity contribution in [3.8, 4) is 0 Å². The van der Waals surface area contributed by atoms with Crippen LogP contribution in [0.4, 0.5) is 5.13 Å². The summed E-state index contributed by atoms with van der Waals surface area (Å²) in [6.07, 6.45) is 1.66. The van der Waals surface area contributed by atoms with E-state index in [-0.39, 0.29) is 23.5 Å². The minimum atomic E-state index is -0.331. The maximum absolute atomic E-state index is 11.9. The third kappa shape index (κ3) is 5.61. The topological polar surface area (TPSA) is 85.1 Å². The molecule has 1 aromatic heterocycles. The van der Waals surface area contributed by atoms with Crippen LogP contribution in [0.15, 0.2) is 5.38 Å². The molecule has 1 aromatic rings. The van der Waals surface area contributed by atoms with Crippen molar-refractivity contribution in [2.24, 2.45) is 11.7 Å². The van der Waals surface area contributed by atoms with Gasteiger partial charge in [-0.3, -0.25) is 9.59 Å². The Morgan fingerprint density at radius 2 is 2.16 bits per heavy atom. The third-order valence-electron chi connectivity index (χ3n) is 2.63. The number of nitrogens with one attached hydrogen (secondary N) is 1. The lowest BCUT2D eigenvalue weighted by atomic mass is 10.0. The number of nitrogens with two attached hydrogens (primary N) is 1. The van der Waals surface area contributed by atoms with Gasteiger partial charge in [-0.1, -0.05) is 13.8 Å². The van der Waals surface area contributed by atoms with E-state index in [1.807, 2.05) is 19.2 Å². The fourth-order valence-electron chi connectivity index (χ4n) is 1.55. The number of anilines is 1. The number of thiazole rings is 1. The second-order valence-corrected chi connectivity index (χ2v) is 5.95. The highest BCUT2D eigenvalue weighted by Gasteiger charge is 2.15. The second-order valence-electron chi connectivity index (χ2n) is 4.11. The summed E-state index contributed by atoms with van der Waals surface area (Å²) in [5, 5.41) is 5.33. The molecule has 106 valence electrons. The molecule has 0 aromatic carbocycles. The Kier molecular flexibility index (Phi) is 6.86. The molecule has 0 bridgehead atoms. The van der Waals surface area contributed by atoms with Crippen LogP contribution in [0.3, 0.4) is 0 Å². The van der Waals surface area contributed by atoms with Crippen molar-refractivity contribution in [1.82, 2.24) is 4.98 Å². The molecule has 0 aliphatic rings. The maximum Gasteiger partial charge on any atom is 0.229 e. The fraction of sp³-hybridized carbons (Fsp3) is 0.583. The molecular weight excluding hydrogens is 282 g/mol. The second kappa shape index (κ2) is 8.16. The maximum atomic E-state index is 11.9. The Bertz CT molecular complexity index is 430. The average Bonchev–Trinajstić information content (AvgIpc) is 2.78. The van der Waals surface area contributed by atoms with Crippen LogP contribution in [0.2, 0.25) is 0 Å². The smallest absolute Gasteiger partial charge is 0.229 e. The van der Waals surface area contributed by atoms with Gasteiger partial charge in [0.05, 0.1) is 11.4 Å². The van der Waals surface area contributed by atoms with E-state index in [4.69, 9.17) is 5.73 Å². The predicted octanol–water partition coefficient (Wildman–Crippen LogP) is 2.24. The summed E-state index contributed by atoms with van der Waals surface area (Å²) in [4.78, 5) is 26.8. The Labute approximate surface area is 121 Å². The zero-order valence-corrected chi connectivity index (χ0v) is 12.8. The summed E-state index contributed by atoms with van der Waals surface area (Å²) in [6, 6.07) is 0. The van der Waals surface area contributed by atoms with Gasteiger partial charge in [0.25, 0.3) is 0 Å². The van der Waals surface area contributed by atoms with E-state index in [1.54, 1.807) is 0 Å². The summed E-state index contributed by atoms with van der Waals surface area (Å²) >= 11 is 2.82. The molecule has 2 amide bonds. The molecule has 19 heavy (non-hydrogen) atoms. The standard InChI is InChI=1S/C12H19N3O2S2/c1-3-8(4-2)11(17)15-12-14-9(6-19-12)5-18-7-10(13)16/h6,8H,3-5,7H2,1-2H3,(H2,13,16)(H,14,15,17). The van der Waals surface area contributed by atoms with Gasteiger partial charge in [0, 0.05) is 17.1 Å². The number of aromatic nitrogens is 1. The van der Waals surface area contributed by atoms with Crippen molar-refractivity contribution in [3.05, 3.63) is 11.1 Å². The number of nitrogens with zero attached hydrogens (tertiary/aromatic N) is 1. The Morgan fingerprint density at radius 1 is 1.47 bits per heavy atom. The zero-order valence-electron chi connectivity index (χ0n) is 11.1. The van der Waals surface area contributed by atoms with Crippen LogP contribution >= 0.6 is 23.1 Å². The Hall–Kier alpha value is -1.08. The highest BCUT2D eigenvalue weighted by Crippen LogP contribution is 2.20. The lowest BCUT2D eigenvalue weighted by Crippen LogP contribution is -2.21. The third-order valence-corrected chi connectivity index (χ3v) is 4.43. The summed E-state index contributed by atoms with van der Waals surface area (Å²) in [5.74, 6) is 0.641. The van der Waals surface area contributed by atoms with E-state index in [1.165, 1.54) is 23.1 Å². The number of primary amides is 1. The first-order valence-corrected chi connectivity index (χ1v) is 8.21. The van der Waals surface area contributed by atoms with Crippen molar-refractivity contribution in [2.45, 2.75) is 32.4 Å². The van der Waals surface area contributed by atoms with Gasteiger partial charge in [0.1, 0.15) is 0 Å². The van der Waals surface area contributed by atoms with Gasteiger partial charge in [0.2, 0.25) is 11.8 Å². The zero-order chi connectivity index (χ0) is 14.3. The molecule has 5 nitrogen and oxygen atoms in total. The monoisotopic (exact) mass is 301 g/mol. The van der Waals surface area contributed by atoms with Crippen LogP contribution in [-0.4, -0.2) is 22.6 Å². The lowest BCUT2D eigenvalue weighted by molar-refractivity contribution is -0.120. The van der Waals surface area contributed by atoms with Crippen LogP contribution in [0.5, 0.6) is 0 Å². The minimum absolute atomic E-state index is 0.0238. The SMILES string of the molecule is CCC(CC)C(=O)Nc1nc(CSCC(N)=O)cs1. The minimum Gasteiger partial charge on any atom is -0.369 e. The van der Waals surface area contributed by atoms with Crippen LogP contribution in [0.25, 0.3) is 0 Å². The van der Waals surface area contributed by atoms with Crippen LogP contribution in [-0.2, 0) is 15.3 Å². The molecule has 0 spiro atoms. The van der Waals surface area contributed by atoms with E-state index in [9.17, 15) is 9.59 Å². The Balaban J connectivity index is 2.46. The molecule has 0 atom stereocenters. The summed E-state index contributed by atoms with van der Waals surface area (Å²) in [6.45, 7) is 4.00. The van der Waals surface area contributed by atoms with Crippen molar-refractivity contribution >= 4 is 40.0 Å². The molecule has 0 saturated heterocycles. The number of amides is 2. The molecule has 0 unspecified atom stereocenters. The van der Waals surface area contributed by atoms with Gasteiger partial charge in [-0.25, -0.2) is 4.98 Å². The highest BCUT2D eigenvalue weighted by molar-refractivity contribution is 7.99. The van der Waals surface area contributed by atoms with E-state index in [0.29, 0.717) is 10.9 Å². The van der Waals surface area contributed by atoms with Gasteiger partial charge < -0.3 is 11.1 Å². The van der Waals surface area contributed by atoms with Crippen molar-refractivity contribution < 1.29 is 9.59 Å². The van der Waals surface area contributed by atoms with E-state index in [0.717, 1.165) is 18.5 Å². The average molecular weight is 301 g/mol. The Morgan fingerprint density at radius 3 is 2.74 bits per heavy atom. The molecule has 0 radical (unpaired) electrons. The number of thioether (sulfide) groups is 1. The van der Waals surface area contributed by atoms with Crippen molar-refractivity contribution in [3.63, 3.8) is 0 Å². The molecule has 0 saturated carbocycles. The van der Waals surface area contributed by atoms with Crippen LogP contribution in [0.1, 0.15) is 32.4 Å². The van der Waals surface area contributed by atoms with Gasteiger partial charge in [0.15, 0.2) is 5.13 Å². The molecular formula is C12H19N3O2S2. The first kappa shape index (κ1) is 16.0. The predicted molar refractivity (Wildman–Crippen MR) is 80.2 cm³/mol. The number of carbonyl (C=O) groups is 2. The number of hydrogen-bond acceptors (Lipinski definition) is 5. The van der Waals surface area contributed by atoms with Crippen LogP contribution < -0.4 is 11.1 Å². The van der Waals surface area contributed by atoms with Gasteiger partial charge >= 0.3 is 0 Å². The quantitative estimate of drug-likeness (QED) is 0.771. The first-order valence-electron chi connectivity index (χ1n) is 6.18. The molecule has 1 rings (SSSR count). The molecule has 0 aliphatic heterocycles. The first-order chi connectivity index (χ1) is 9.06. The number of rotatable bonds is 8. The van der Waals surface area contributed by atoms with Gasteiger partial charge in [-0.2, -0.15) is 0 Å². The summed E-state index contributed by atoms with van der Waals surface area (Å²) < 4.78 is 0. The fourth-order valence-corrected chi connectivity index (χ4v) is 3.03. The molecule has 7 heteroatoms. The number of hydrogen-bond donors (Lipinski definition) is 2. The number of carbonyl (C=O) groups excluding carboxylic acids is 2. The van der Waals surface area contributed by atoms with Crippen LogP contribution in [0, 0.1) is 5.92 Å². The molecule has 0 aliphatic carbocycles. The van der Waals surface area contributed by atoms with E-state index in [2.05, 4.69) is 10.3 Å². The van der Waals surface area contributed by atoms with Crippen molar-refractivity contribution in [1.29, 1.82) is 0 Å². The lowest BCUT2D eigenvalue weighted by Gasteiger charge is -2.10. The van der Waals surface area contributed by atoms with E-state index < -0.39 is 0 Å². The molecule has 3 N–H and O–H groups in total. The summed E-state index contributed by atoms with van der Waals surface area (Å²) in [7, 11) is 0. The molecule has 1 heterocycles. The highest BCUT2D eigenvalue weighted by atomic mass is 32.2. The van der Waals surface area contributed by atoms with E-state index >= 15 is 0 Å². The summed E-state index contributed by atoms with van der Waals surface area (Å²) in [5.41, 5.74) is 5.91. The normalized spacial score (nSPS) is 10.7. The molecule has 0 fully saturated rings. The largest absolute Gasteiger partial charge is 0.369 e. The van der Waals surface area contributed by atoms with Gasteiger partial charge in [-0.15, -0.1) is 23.1 Å². The van der Waals surface area contributed by atoms with Gasteiger partial charge in [-0.05, 0) is 12.8 Å². The van der Waals surface area contributed by atoms with Crippen molar-refractivity contribution in [2.75, 3.05) is 11.1 Å².